The van der Waals surface area contributed by atoms with Gasteiger partial charge in [0.25, 0.3) is 0 Å². The Morgan fingerprint density at radius 2 is 1.82 bits per heavy atom. The van der Waals surface area contributed by atoms with Crippen LogP contribution in [0.25, 0.3) is 11.1 Å². The van der Waals surface area contributed by atoms with Gasteiger partial charge < -0.3 is 4.74 Å². The van der Waals surface area contributed by atoms with Gasteiger partial charge in [0.05, 0.1) is 0 Å². The molecule has 0 spiro atoms. The molecule has 0 atom stereocenters. The molecule has 3 aromatic rings. The lowest BCUT2D eigenvalue weighted by molar-refractivity contribution is 0.307. The van der Waals surface area contributed by atoms with Crippen molar-refractivity contribution in [1.29, 1.82) is 0 Å². The molecule has 0 radical (unpaired) electrons. The number of benzene rings is 2. The molecule has 0 aliphatic heterocycles. The van der Waals surface area contributed by atoms with Crippen LogP contribution in [0.2, 0.25) is 5.02 Å². The van der Waals surface area contributed by atoms with E-state index in [1.807, 2.05) is 54.6 Å². The van der Waals surface area contributed by atoms with Crippen LogP contribution in [-0.2, 0) is 6.61 Å². The second-order valence-electron chi connectivity index (χ2n) is 4.77. The van der Waals surface area contributed by atoms with E-state index >= 15 is 0 Å². The van der Waals surface area contributed by atoms with Crippen LogP contribution in [0.15, 0.2) is 71.5 Å². The average molecular weight is 375 g/mol. The van der Waals surface area contributed by atoms with Gasteiger partial charge in [0, 0.05) is 33.0 Å². The van der Waals surface area contributed by atoms with Gasteiger partial charge in [-0.05, 0) is 45.8 Å². The fraction of sp³-hybridized carbons (Fsp3) is 0.0556. The van der Waals surface area contributed by atoms with Crippen LogP contribution in [0, 0.1) is 0 Å². The maximum atomic E-state index is 6.15. The van der Waals surface area contributed by atoms with Crippen LogP contribution < -0.4 is 4.74 Å². The van der Waals surface area contributed by atoms with Crippen molar-refractivity contribution in [3.63, 3.8) is 0 Å². The van der Waals surface area contributed by atoms with Crippen LogP contribution in [0.4, 0.5) is 0 Å². The standard InChI is InChI=1S/C18H13BrClNO/c19-17-11-21-9-8-15(17)16-10-14(20)6-7-18(16)22-12-13-4-2-1-3-5-13/h1-11H,12H2. The van der Waals surface area contributed by atoms with Crippen molar-refractivity contribution in [2.75, 3.05) is 0 Å². The smallest absolute Gasteiger partial charge is 0.127 e. The Labute approximate surface area is 142 Å². The van der Waals surface area contributed by atoms with Gasteiger partial charge in [0.1, 0.15) is 12.4 Å². The third-order valence-electron chi connectivity index (χ3n) is 3.24. The first kappa shape index (κ1) is 15.1. The van der Waals surface area contributed by atoms with Gasteiger partial charge in [-0.1, -0.05) is 41.9 Å². The van der Waals surface area contributed by atoms with Crippen molar-refractivity contribution in [3.05, 3.63) is 82.0 Å². The van der Waals surface area contributed by atoms with Gasteiger partial charge in [-0.2, -0.15) is 0 Å². The summed E-state index contributed by atoms with van der Waals surface area (Å²) in [5.41, 5.74) is 3.07. The van der Waals surface area contributed by atoms with E-state index in [0.29, 0.717) is 11.6 Å². The van der Waals surface area contributed by atoms with Gasteiger partial charge in [-0.15, -0.1) is 0 Å². The number of ether oxygens (including phenoxy) is 1. The summed E-state index contributed by atoms with van der Waals surface area (Å²) >= 11 is 9.68. The van der Waals surface area contributed by atoms with Crippen molar-refractivity contribution in [3.8, 4) is 16.9 Å². The maximum absolute atomic E-state index is 6.15. The zero-order valence-corrected chi connectivity index (χ0v) is 14.0. The fourth-order valence-electron chi connectivity index (χ4n) is 2.17. The molecule has 110 valence electrons. The number of pyridine rings is 1. The highest BCUT2D eigenvalue weighted by molar-refractivity contribution is 9.10. The molecule has 0 bridgehead atoms. The summed E-state index contributed by atoms with van der Waals surface area (Å²) in [4.78, 5) is 4.10. The second kappa shape index (κ2) is 6.95. The van der Waals surface area contributed by atoms with Gasteiger partial charge in [0.2, 0.25) is 0 Å². The monoisotopic (exact) mass is 373 g/mol. The Balaban J connectivity index is 1.93. The molecule has 0 aliphatic rings. The lowest BCUT2D eigenvalue weighted by Crippen LogP contribution is -1.97. The molecule has 0 N–H and O–H groups in total. The van der Waals surface area contributed by atoms with E-state index < -0.39 is 0 Å². The Kier molecular flexibility index (Phi) is 4.76. The van der Waals surface area contributed by atoms with E-state index in [2.05, 4.69) is 20.9 Å². The summed E-state index contributed by atoms with van der Waals surface area (Å²) in [5, 5.41) is 0.672. The molecule has 0 saturated carbocycles. The molecule has 3 rings (SSSR count). The molecule has 2 aromatic carbocycles. The summed E-state index contributed by atoms with van der Waals surface area (Å²) in [6.45, 7) is 0.512. The topological polar surface area (TPSA) is 22.1 Å². The van der Waals surface area contributed by atoms with E-state index in [1.165, 1.54) is 0 Å². The van der Waals surface area contributed by atoms with Crippen molar-refractivity contribution in [2.45, 2.75) is 6.61 Å². The van der Waals surface area contributed by atoms with Gasteiger partial charge in [-0.3, -0.25) is 4.98 Å². The molecule has 0 unspecified atom stereocenters. The highest BCUT2D eigenvalue weighted by Gasteiger charge is 2.11. The van der Waals surface area contributed by atoms with Crippen molar-refractivity contribution in [2.24, 2.45) is 0 Å². The molecule has 0 fully saturated rings. The summed E-state index contributed by atoms with van der Waals surface area (Å²) in [5.74, 6) is 0.792. The zero-order chi connectivity index (χ0) is 15.4. The summed E-state index contributed by atoms with van der Waals surface area (Å²) in [6.07, 6.45) is 3.51. The minimum atomic E-state index is 0.512. The first-order valence-electron chi connectivity index (χ1n) is 6.80. The Morgan fingerprint density at radius 1 is 1.00 bits per heavy atom. The predicted octanol–water partition coefficient (Wildman–Crippen LogP) is 5.74. The maximum Gasteiger partial charge on any atom is 0.127 e. The number of aromatic nitrogens is 1. The largest absolute Gasteiger partial charge is 0.488 e. The molecule has 1 heterocycles. The molecular formula is C18H13BrClNO. The van der Waals surface area contributed by atoms with E-state index in [1.54, 1.807) is 12.4 Å². The van der Waals surface area contributed by atoms with E-state index in [-0.39, 0.29) is 0 Å². The second-order valence-corrected chi connectivity index (χ2v) is 6.06. The summed E-state index contributed by atoms with van der Waals surface area (Å²) < 4.78 is 6.89. The average Bonchev–Trinajstić information content (AvgIpc) is 2.55. The molecule has 0 saturated heterocycles. The first-order valence-corrected chi connectivity index (χ1v) is 7.97. The van der Waals surface area contributed by atoms with Crippen LogP contribution in [0.1, 0.15) is 5.56 Å². The minimum absolute atomic E-state index is 0.512. The predicted molar refractivity (Wildman–Crippen MR) is 93.2 cm³/mol. The lowest BCUT2D eigenvalue weighted by Gasteiger charge is -2.13. The van der Waals surface area contributed by atoms with Crippen molar-refractivity contribution in [1.82, 2.24) is 4.98 Å². The number of nitrogens with zero attached hydrogens (tertiary/aromatic N) is 1. The van der Waals surface area contributed by atoms with Crippen molar-refractivity contribution >= 4 is 27.5 Å². The molecule has 0 amide bonds. The number of hydrogen-bond acceptors (Lipinski definition) is 2. The van der Waals surface area contributed by atoms with Crippen LogP contribution in [0.3, 0.4) is 0 Å². The SMILES string of the molecule is Clc1ccc(OCc2ccccc2)c(-c2ccncc2Br)c1. The first-order chi connectivity index (χ1) is 10.7. The third kappa shape index (κ3) is 3.49. The number of halogens is 2. The van der Waals surface area contributed by atoms with Crippen LogP contribution in [0.5, 0.6) is 5.75 Å². The van der Waals surface area contributed by atoms with E-state index in [4.69, 9.17) is 16.3 Å². The molecular weight excluding hydrogens is 362 g/mol. The Hall–Kier alpha value is -1.84. The summed E-state index contributed by atoms with van der Waals surface area (Å²) in [6, 6.07) is 17.6. The van der Waals surface area contributed by atoms with Crippen molar-refractivity contribution < 1.29 is 4.74 Å². The third-order valence-corrected chi connectivity index (χ3v) is 4.11. The molecule has 0 aliphatic carbocycles. The molecule has 2 nitrogen and oxygen atoms in total. The van der Waals surface area contributed by atoms with Gasteiger partial charge >= 0.3 is 0 Å². The molecule has 1 aromatic heterocycles. The lowest BCUT2D eigenvalue weighted by atomic mass is 10.1. The van der Waals surface area contributed by atoms with Gasteiger partial charge in [0.15, 0.2) is 0 Å². The highest BCUT2D eigenvalue weighted by atomic mass is 79.9. The minimum Gasteiger partial charge on any atom is -0.488 e. The van der Waals surface area contributed by atoms with E-state index in [0.717, 1.165) is 26.9 Å². The fourth-order valence-corrected chi connectivity index (χ4v) is 2.80. The number of hydrogen-bond donors (Lipinski definition) is 0. The van der Waals surface area contributed by atoms with E-state index in [9.17, 15) is 0 Å². The summed E-state index contributed by atoms with van der Waals surface area (Å²) in [7, 11) is 0. The highest BCUT2D eigenvalue weighted by Crippen LogP contribution is 2.36. The normalized spacial score (nSPS) is 10.5. The van der Waals surface area contributed by atoms with Gasteiger partial charge in [-0.25, -0.2) is 0 Å². The molecule has 22 heavy (non-hydrogen) atoms. The molecule has 4 heteroatoms. The van der Waals surface area contributed by atoms with Crippen LogP contribution >= 0.6 is 27.5 Å². The Bertz CT molecular complexity index is 777. The number of rotatable bonds is 4. The van der Waals surface area contributed by atoms with Crippen LogP contribution in [-0.4, -0.2) is 4.98 Å². The quantitative estimate of drug-likeness (QED) is 0.580. The Morgan fingerprint density at radius 3 is 2.59 bits per heavy atom. The zero-order valence-electron chi connectivity index (χ0n) is 11.7.